The molecule has 0 bridgehead atoms. The number of hydrogen-bond donors (Lipinski definition) is 0. The number of rotatable bonds is 2. The van der Waals surface area contributed by atoms with E-state index in [1.807, 2.05) is 17.0 Å². The largest absolute Gasteiger partial charge is 2.00 e. The molecule has 0 spiro atoms. The minimum atomic E-state index is 0. The summed E-state index contributed by atoms with van der Waals surface area (Å²) in [6.45, 7) is 6.88. The van der Waals surface area contributed by atoms with Crippen LogP contribution in [0, 0.1) is 6.07 Å². The van der Waals surface area contributed by atoms with E-state index in [1.165, 1.54) is 0 Å². The Morgan fingerprint density at radius 1 is 1.22 bits per heavy atom. The SMILES string of the molecule is CCN1CCN(C(=O)c2cc[c-]cc2)CC1.[Cl-].[Mg+2]. The minimum Gasteiger partial charge on any atom is -1.00 e. The minimum absolute atomic E-state index is 0. The molecule has 0 aliphatic carbocycles. The summed E-state index contributed by atoms with van der Waals surface area (Å²) in [6.07, 6.45) is 0. The van der Waals surface area contributed by atoms with Crippen molar-refractivity contribution < 1.29 is 17.2 Å². The molecule has 0 N–H and O–H groups in total. The Bertz CT molecular complexity index is 353. The number of benzene rings is 1. The molecule has 1 fully saturated rings. The molecule has 5 heteroatoms. The quantitative estimate of drug-likeness (QED) is 0.456. The van der Waals surface area contributed by atoms with Gasteiger partial charge in [0.1, 0.15) is 0 Å². The van der Waals surface area contributed by atoms with Crippen LogP contribution < -0.4 is 12.4 Å². The molecule has 1 heterocycles. The topological polar surface area (TPSA) is 23.6 Å². The fourth-order valence-corrected chi connectivity index (χ4v) is 1.98. The van der Waals surface area contributed by atoms with Crippen molar-refractivity contribution in [1.29, 1.82) is 0 Å². The molecule has 3 nitrogen and oxygen atoms in total. The predicted octanol–water partition coefficient (Wildman–Crippen LogP) is -2.11. The van der Waals surface area contributed by atoms with Crippen LogP contribution in [-0.2, 0) is 0 Å². The molecule has 0 atom stereocenters. The normalized spacial score (nSPS) is 15.5. The molecule has 18 heavy (non-hydrogen) atoms. The molecule has 0 saturated carbocycles. The van der Waals surface area contributed by atoms with Gasteiger partial charge in [-0.15, -0.1) is 0 Å². The van der Waals surface area contributed by atoms with Crippen molar-refractivity contribution in [3.8, 4) is 0 Å². The Kier molecular flexibility index (Phi) is 8.60. The Hall–Kier alpha value is -0.294. The molecule has 0 radical (unpaired) electrons. The number of carbonyl (C=O) groups excluding carboxylic acids is 1. The summed E-state index contributed by atoms with van der Waals surface area (Å²) < 4.78 is 0. The number of piperazine rings is 1. The zero-order valence-electron chi connectivity index (χ0n) is 10.7. The van der Waals surface area contributed by atoms with Gasteiger partial charge < -0.3 is 22.2 Å². The molecule has 1 aromatic carbocycles. The van der Waals surface area contributed by atoms with E-state index in [-0.39, 0.29) is 41.4 Å². The standard InChI is InChI=1S/C13H17N2O.ClH.Mg/c1-2-14-8-10-15(11-9-14)13(16)12-6-4-3-5-7-12;;/h4-7H,2,8-11H2,1H3;1H;/q-1;;+2/p-1. The van der Waals surface area contributed by atoms with Gasteiger partial charge in [0, 0.05) is 26.2 Å². The van der Waals surface area contributed by atoms with Gasteiger partial charge in [-0.1, -0.05) is 12.5 Å². The Balaban J connectivity index is 0.00000144. The summed E-state index contributed by atoms with van der Waals surface area (Å²) >= 11 is 0. The van der Waals surface area contributed by atoms with E-state index in [0.29, 0.717) is 0 Å². The maximum atomic E-state index is 12.1. The first-order chi connectivity index (χ1) is 7.81. The van der Waals surface area contributed by atoms with E-state index in [4.69, 9.17) is 0 Å². The average molecular weight is 277 g/mol. The van der Waals surface area contributed by atoms with Gasteiger partial charge in [0.25, 0.3) is 0 Å². The van der Waals surface area contributed by atoms with Gasteiger partial charge in [-0.3, -0.25) is 4.79 Å². The van der Waals surface area contributed by atoms with Crippen LogP contribution >= 0.6 is 0 Å². The maximum Gasteiger partial charge on any atom is 2.00 e. The second kappa shape index (κ2) is 8.75. The van der Waals surface area contributed by atoms with Crippen LogP contribution in [0.1, 0.15) is 17.3 Å². The summed E-state index contributed by atoms with van der Waals surface area (Å²) in [4.78, 5) is 16.4. The molecule has 1 aliphatic rings. The van der Waals surface area contributed by atoms with E-state index in [9.17, 15) is 4.79 Å². The van der Waals surface area contributed by atoms with Gasteiger partial charge in [-0.2, -0.15) is 30.3 Å². The van der Waals surface area contributed by atoms with Crippen molar-refractivity contribution >= 4 is 29.0 Å². The molecule has 94 valence electrons. The average Bonchev–Trinajstić information content (AvgIpc) is 2.39. The van der Waals surface area contributed by atoms with E-state index in [1.54, 1.807) is 12.1 Å². The van der Waals surface area contributed by atoms with Gasteiger partial charge in [0.15, 0.2) is 0 Å². The third-order valence-electron chi connectivity index (χ3n) is 3.07. The van der Waals surface area contributed by atoms with Crippen LogP contribution in [0.5, 0.6) is 0 Å². The molecule has 1 saturated heterocycles. The van der Waals surface area contributed by atoms with Crippen molar-refractivity contribution in [2.45, 2.75) is 6.92 Å². The third-order valence-corrected chi connectivity index (χ3v) is 3.07. The molecule has 1 amide bonds. The maximum absolute atomic E-state index is 12.1. The molecular weight excluding hydrogens is 260 g/mol. The first kappa shape index (κ1) is 17.7. The summed E-state index contributed by atoms with van der Waals surface area (Å²) in [5, 5.41) is 0. The van der Waals surface area contributed by atoms with Crippen molar-refractivity contribution in [2.75, 3.05) is 32.7 Å². The van der Waals surface area contributed by atoms with E-state index in [2.05, 4.69) is 17.9 Å². The molecule has 0 aromatic heterocycles. The fraction of sp³-hybridized carbons (Fsp3) is 0.462. The fourth-order valence-electron chi connectivity index (χ4n) is 1.98. The summed E-state index contributed by atoms with van der Waals surface area (Å²) in [7, 11) is 0. The Labute approximate surface area is 131 Å². The van der Waals surface area contributed by atoms with Crippen LogP contribution in [0.15, 0.2) is 24.3 Å². The van der Waals surface area contributed by atoms with Crippen LogP contribution in [-0.4, -0.2) is 71.5 Å². The second-order valence-corrected chi connectivity index (χ2v) is 4.02. The van der Waals surface area contributed by atoms with Gasteiger partial charge in [-0.05, 0) is 6.54 Å². The van der Waals surface area contributed by atoms with Crippen LogP contribution in [0.4, 0.5) is 0 Å². The second-order valence-electron chi connectivity index (χ2n) is 4.02. The van der Waals surface area contributed by atoms with Gasteiger partial charge in [-0.25, -0.2) is 0 Å². The number of carbonyl (C=O) groups is 1. The molecular formula is C13H17ClMgN2O. The van der Waals surface area contributed by atoms with Gasteiger partial charge in [0.2, 0.25) is 5.91 Å². The number of likely N-dealkylation sites (N-methyl/N-ethyl adjacent to an activating group) is 1. The van der Waals surface area contributed by atoms with Crippen LogP contribution in [0.25, 0.3) is 0 Å². The summed E-state index contributed by atoms with van der Waals surface area (Å²) in [5.41, 5.74) is 0.767. The number of nitrogens with zero attached hydrogens (tertiary/aromatic N) is 2. The van der Waals surface area contributed by atoms with Crippen molar-refractivity contribution in [3.63, 3.8) is 0 Å². The summed E-state index contributed by atoms with van der Waals surface area (Å²) in [5.74, 6) is 0.143. The number of amides is 1. The third kappa shape index (κ3) is 4.43. The van der Waals surface area contributed by atoms with Crippen molar-refractivity contribution in [3.05, 3.63) is 35.9 Å². The van der Waals surface area contributed by atoms with E-state index >= 15 is 0 Å². The number of hydrogen-bond acceptors (Lipinski definition) is 2. The first-order valence-electron chi connectivity index (χ1n) is 5.79. The predicted molar refractivity (Wildman–Crippen MR) is 69.0 cm³/mol. The molecule has 1 aliphatic heterocycles. The van der Waals surface area contributed by atoms with E-state index < -0.39 is 0 Å². The molecule has 1 aromatic rings. The monoisotopic (exact) mass is 276 g/mol. The van der Waals surface area contributed by atoms with Gasteiger partial charge >= 0.3 is 23.1 Å². The van der Waals surface area contributed by atoms with Crippen molar-refractivity contribution in [2.24, 2.45) is 0 Å². The van der Waals surface area contributed by atoms with Crippen LogP contribution in [0.3, 0.4) is 0 Å². The summed E-state index contributed by atoms with van der Waals surface area (Å²) in [6, 6.07) is 10.2. The zero-order valence-corrected chi connectivity index (χ0v) is 12.9. The van der Waals surface area contributed by atoms with Crippen molar-refractivity contribution in [1.82, 2.24) is 9.80 Å². The molecule has 2 rings (SSSR count). The van der Waals surface area contributed by atoms with Crippen LogP contribution in [0.2, 0.25) is 0 Å². The van der Waals surface area contributed by atoms with E-state index in [0.717, 1.165) is 38.3 Å². The van der Waals surface area contributed by atoms with Gasteiger partial charge in [0.05, 0.1) is 0 Å². The number of halogens is 1. The Morgan fingerprint density at radius 3 is 2.28 bits per heavy atom. The first-order valence-corrected chi connectivity index (χ1v) is 5.79. The zero-order chi connectivity index (χ0) is 11.4. The Morgan fingerprint density at radius 2 is 1.78 bits per heavy atom. The smallest absolute Gasteiger partial charge is 1.00 e. The molecule has 0 unspecified atom stereocenters.